The monoisotopic (exact) mass is 286 g/mol. The molecule has 1 aliphatic carbocycles. The Morgan fingerprint density at radius 2 is 2.00 bits per heavy atom. The van der Waals surface area contributed by atoms with Crippen LogP contribution in [0.25, 0.3) is 0 Å². The fourth-order valence-corrected chi connectivity index (χ4v) is 4.02. The van der Waals surface area contributed by atoms with Crippen LogP contribution in [0.4, 0.5) is 4.39 Å². The van der Waals surface area contributed by atoms with Gasteiger partial charge in [0.05, 0.1) is 11.4 Å². The summed E-state index contributed by atoms with van der Waals surface area (Å²) in [5.74, 6) is -0.623. The molecule has 1 aromatic rings. The molecular formula is C14H19FO3S. The third-order valence-electron chi connectivity index (χ3n) is 3.94. The van der Waals surface area contributed by atoms with Crippen molar-refractivity contribution in [1.82, 2.24) is 0 Å². The molecule has 2 rings (SSSR count). The highest BCUT2D eigenvalue weighted by atomic mass is 32.2. The SMILES string of the molecule is CS(=O)(=O)C1CCCC(C(O)c2ccccc2F)C1. The summed E-state index contributed by atoms with van der Waals surface area (Å²) in [4.78, 5) is 0. The molecule has 0 aromatic heterocycles. The van der Waals surface area contributed by atoms with E-state index in [4.69, 9.17) is 0 Å². The predicted molar refractivity (Wildman–Crippen MR) is 71.9 cm³/mol. The summed E-state index contributed by atoms with van der Waals surface area (Å²) in [6.07, 6.45) is 2.85. The van der Waals surface area contributed by atoms with Crippen molar-refractivity contribution < 1.29 is 17.9 Å². The lowest BCUT2D eigenvalue weighted by molar-refractivity contribution is 0.0825. The van der Waals surface area contributed by atoms with E-state index in [0.29, 0.717) is 12.8 Å². The first-order valence-electron chi connectivity index (χ1n) is 6.51. The molecule has 0 spiro atoms. The highest BCUT2D eigenvalue weighted by molar-refractivity contribution is 7.91. The lowest BCUT2D eigenvalue weighted by Gasteiger charge is -2.31. The van der Waals surface area contributed by atoms with Gasteiger partial charge >= 0.3 is 0 Å². The second-order valence-electron chi connectivity index (χ2n) is 5.34. The quantitative estimate of drug-likeness (QED) is 0.928. The van der Waals surface area contributed by atoms with Crippen molar-refractivity contribution in [2.24, 2.45) is 5.92 Å². The maximum atomic E-state index is 13.6. The van der Waals surface area contributed by atoms with E-state index in [1.54, 1.807) is 18.2 Å². The number of hydrogen-bond donors (Lipinski definition) is 1. The molecule has 3 nitrogen and oxygen atoms in total. The van der Waals surface area contributed by atoms with Gasteiger partial charge in [-0.25, -0.2) is 12.8 Å². The Hall–Kier alpha value is -0.940. The summed E-state index contributed by atoms with van der Waals surface area (Å²) in [6, 6.07) is 6.13. The number of aliphatic hydroxyl groups is 1. The molecule has 0 saturated heterocycles. The summed E-state index contributed by atoms with van der Waals surface area (Å²) in [6.45, 7) is 0. The third-order valence-corrected chi connectivity index (χ3v) is 5.58. The Kier molecular flexibility index (Phi) is 4.26. The molecule has 3 atom stereocenters. The zero-order valence-electron chi connectivity index (χ0n) is 10.9. The third kappa shape index (κ3) is 3.34. The van der Waals surface area contributed by atoms with E-state index < -0.39 is 27.0 Å². The van der Waals surface area contributed by atoms with Crippen molar-refractivity contribution in [1.29, 1.82) is 0 Å². The van der Waals surface area contributed by atoms with E-state index >= 15 is 0 Å². The highest BCUT2D eigenvalue weighted by Crippen LogP contribution is 2.37. The summed E-state index contributed by atoms with van der Waals surface area (Å²) in [5, 5.41) is 9.87. The highest BCUT2D eigenvalue weighted by Gasteiger charge is 2.33. The van der Waals surface area contributed by atoms with Crippen molar-refractivity contribution in [3.8, 4) is 0 Å². The molecule has 3 unspecified atom stereocenters. The maximum absolute atomic E-state index is 13.6. The van der Waals surface area contributed by atoms with Crippen LogP contribution in [0.3, 0.4) is 0 Å². The average molecular weight is 286 g/mol. The molecular weight excluding hydrogens is 267 g/mol. The van der Waals surface area contributed by atoms with Crippen molar-refractivity contribution in [3.63, 3.8) is 0 Å². The van der Waals surface area contributed by atoms with Gasteiger partial charge in [0.1, 0.15) is 15.7 Å². The first-order chi connectivity index (χ1) is 8.89. The van der Waals surface area contributed by atoms with Crippen LogP contribution in [0.2, 0.25) is 0 Å². The maximum Gasteiger partial charge on any atom is 0.150 e. The van der Waals surface area contributed by atoms with E-state index in [2.05, 4.69) is 0 Å². The van der Waals surface area contributed by atoms with Crippen molar-refractivity contribution in [2.45, 2.75) is 37.0 Å². The van der Waals surface area contributed by atoms with Crippen LogP contribution in [0.5, 0.6) is 0 Å². The Morgan fingerprint density at radius 1 is 1.32 bits per heavy atom. The van der Waals surface area contributed by atoms with Crippen LogP contribution in [0, 0.1) is 11.7 Å². The first-order valence-corrected chi connectivity index (χ1v) is 8.46. The summed E-state index contributed by atoms with van der Waals surface area (Å²) >= 11 is 0. The van der Waals surface area contributed by atoms with Crippen LogP contribution in [-0.2, 0) is 9.84 Å². The number of sulfone groups is 1. The molecule has 0 radical (unpaired) electrons. The Morgan fingerprint density at radius 3 is 2.63 bits per heavy atom. The average Bonchev–Trinajstić information content (AvgIpc) is 2.38. The predicted octanol–water partition coefficient (Wildman–Crippen LogP) is 2.46. The van der Waals surface area contributed by atoms with Gasteiger partial charge in [0.15, 0.2) is 0 Å². The Bertz CT molecular complexity index is 541. The van der Waals surface area contributed by atoms with Crippen molar-refractivity contribution in [2.75, 3.05) is 6.26 Å². The minimum Gasteiger partial charge on any atom is -0.388 e. The largest absolute Gasteiger partial charge is 0.388 e. The second-order valence-corrected chi connectivity index (χ2v) is 7.67. The van der Waals surface area contributed by atoms with Crippen molar-refractivity contribution in [3.05, 3.63) is 35.6 Å². The number of halogens is 1. The topological polar surface area (TPSA) is 54.4 Å². The molecule has 19 heavy (non-hydrogen) atoms. The Balaban J connectivity index is 2.16. The smallest absolute Gasteiger partial charge is 0.150 e. The fourth-order valence-electron chi connectivity index (χ4n) is 2.83. The molecule has 1 aromatic carbocycles. The zero-order chi connectivity index (χ0) is 14.0. The molecule has 1 aliphatic rings. The minimum absolute atomic E-state index is 0.189. The standard InChI is InChI=1S/C14H19FO3S/c1-19(17,18)11-6-4-5-10(9-11)14(16)12-7-2-3-8-13(12)15/h2-3,7-8,10-11,14,16H,4-6,9H2,1H3. The van der Waals surface area contributed by atoms with E-state index in [-0.39, 0.29) is 11.5 Å². The van der Waals surface area contributed by atoms with Crippen LogP contribution in [0.15, 0.2) is 24.3 Å². The molecule has 1 N–H and O–H groups in total. The summed E-state index contributed by atoms with van der Waals surface area (Å²) < 4.78 is 36.9. The lowest BCUT2D eigenvalue weighted by Crippen LogP contribution is -2.30. The van der Waals surface area contributed by atoms with Gasteiger partial charge in [0, 0.05) is 11.8 Å². The van der Waals surface area contributed by atoms with Crippen LogP contribution in [-0.4, -0.2) is 25.0 Å². The summed E-state index contributed by atoms with van der Waals surface area (Å²) in [7, 11) is -3.09. The summed E-state index contributed by atoms with van der Waals surface area (Å²) in [5.41, 5.74) is 0.265. The normalized spacial score (nSPS) is 26.1. The van der Waals surface area contributed by atoms with E-state index in [0.717, 1.165) is 12.8 Å². The number of rotatable bonds is 3. The van der Waals surface area contributed by atoms with Gasteiger partial charge in [-0.3, -0.25) is 0 Å². The molecule has 0 heterocycles. The van der Waals surface area contributed by atoms with Crippen LogP contribution in [0.1, 0.15) is 37.4 Å². The lowest BCUT2D eigenvalue weighted by atomic mass is 9.82. The van der Waals surface area contributed by atoms with Crippen LogP contribution < -0.4 is 0 Å². The number of hydrogen-bond acceptors (Lipinski definition) is 3. The van der Waals surface area contributed by atoms with Crippen LogP contribution >= 0.6 is 0 Å². The first kappa shape index (κ1) is 14.5. The van der Waals surface area contributed by atoms with E-state index in [9.17, 15) is 17.9 Å². The molecule has 0 aliphatic heterocycles. The van der Waals surface area contributed by atoms with E-state index in [1.807, 2.05) is 0 Å². The van der Waals surface area contributed by atoms with Gasteiger partial charge in [-0.2, -0.15) is 0 Å². The van der Waals surface area contributed by atoms with Gasteiger partial charge in [0.2, 0.25) is 0 Å². The van der Waals surface area contributed by atoms with Crippen molar-refractivity contribution >= 4 is 9.84 Å². The molecule has 106 valence electrons. The van der Waals surface area contributed by atoms with E-state index in [1.165, 1.54) is 12.3 Å². The van der Waals surface area contributed by atoms with Gasteiger partial charge in [0.25, 0.3) is 0 Å². The zero-order valence-corrected chi connectivity index (χ0v) is 11.7. The molecule has 1 saturated carbocycles. The Labute approximate surface area is 113 Å². The number of aliphatic hydroxyl groups excluding tert-OH is 1. The molecule has 0 bridgehead atoms. The molecule has 1 fully saturated rings. The van der Waals surface area contributed by atoms with Gasteiger partial charge in [-0.1, -0.05) is 24.6 Å². The van der Waals surface area contributed by atoms with Gasteiger partial charge in [-0.15, -0.1) is 0 Å². The molecule has 0 amide bonds. The number of benzene rings is 1. The second kappa shape index (κ2) is 5.59. The van der Waals surface area contributed by atoms with Gasteiger partial charge in [-0.05, 0) is 31.2 Å². The fraction of sp³-hybridized carbons (Fsp3) is 0.571. The minimum atomic E-state index is -3.09. The molecule has 5 heteroatoms. The van der Waals surface area contributed by atoms with Gasteiger partial charge < -0.3 is 5.11 Å².